The van der Waals surface area contributed by atoms with Crippen molar-refractivity contribution in [3.05, 3.63) is 54.1 Å². The average Bonchev–Trinajstić information content (AvgIpc) is 2.63. The standard InChI is InChI=1S/C21H26N2O3/c1-16-4-2-6-20(12-16)26-19-9-7-18(8-10-19)22-21(25)14-23-11-3-5-17(13-23)15-24/h2,4,6-10,12,17,24H,3,5,11,13-15H2,1H3,(H,22,25)/t17-/m1/s1. The van der Waals surface area contributed by atoms with Crippen molar-refractivity contribution in [2.75, 3.05) is 31.6 Å². The number of hydrogen-bond donors (Lipinski definition) is 2. The molecule has 1 saturated heterocycles. The predicted molar refractivity (Wildman–Crippen MR) is 103 cm³/mol. The summed E-state index contributed by atoms with van der Waals surface area (Å²) in [4.78, 5) is 14.3. The number of carbonyl (C=O) groups excluding carboxylic acids is 1. The Bertz CT molecular complexity index is 730. The Labute approximate surface area is 154 Å². The second-order valence-corrected chi connectivity index (χ2v) is 6.92. The quantitative estimate of drug-likeness (QED) is 0.834. The number of nitrogens with zero attached hydrogens (tertiary/aromatic N) is 1. The number of aliphatic hydroxyl groups excluding tert-OH is 1. The van der Waals surface area contributed by atoms with E-state index in [1.165, 1.54) is 0 Å². The number of hydrogen-bond acceptors (Lipinski definition) is 4. The fourth-order valence-corrected chi connectivity index (χ4v) is 3.27. The first-order valence-corrected chi connectivity index (χ1v) is 9.10. The number of amides is 1. The number of anilines is 1. The number of nitrogens with one attached hydrogen (secondary N) is 1. The Hall–Kier alpha value is -2.37. The van der Waals surface area contributed by atoms with Gasteiger partial charge in [0.2, 0.25) is 5.91 Å². The molecule has 1 amide bonds. The number of benzene rings is 2. The van der Waals surface area contributed by atoms with Crippen LogP contribution < -0.4 is 10.1 Å². The van der Waals surface area contributed by atoms with Gasteiger partial charge in [-0.15, -0.1) is 0 Å². The van der Waals surface area contributed by atoms with Crippen LogP contribution in [-0.2, 0) is 4.79 Å². The smallest absolute Gasteiger partial charge is 0.238 e. The SMILES string of the molecule is Cc1cccc(Oc2ccc(NC(=O)CN3CCC[C@@H](CO)C3)cc2)c1. The molecular weight excluding hydrogens is 328 g/mol. The lowest BCUT2D eigenvalue weighted by Crippen LogP contribution is -2.41. The molecule has 26 heavy (non-hydrogen) atoms. The zero-order valence-corrected chi connectivity index (χ0v) is 15.1. The molecule has 2 N–H and O–H groups in total. The summed E-state index contributed by atoms with van der Waals surface area (Å²) in [6.07, 6.45) is 2.07. The highest BCUT2D eigenvalue weighted by Gasteiger charge is 2.20. The molecule has 0 unspecified atom stereocenters. The van der Waals surface area contributed by atoms with Crippen LogP contribution in [0.4, 0.5) is 5.69 Å². The molecule has 0 bridgehead atoms. The monoisotopic (exact) mass is 354 g/mol. The number of piperidine rings is 1. The molecule has 1 fully saturated rings. The fraction of sp³-hybridized carbons (Fsp3) is 0.381. The van der Waals surface area contributed by atoms with Crippen LogP contribution >= 0.6 is 0 Å². The van der Waals surface area contributed by atoms with E-state index in [9.17, 15) is 9.90 Å². The van der Waals surface area contributed by atoms with Gasteiger partial charge in [0.05, 0.1) is 6.54 Å². The third-order valence-electron chi connectivity index (χ3n) is 4.59. The highest BCUT2D eigenvalue weighted by molar-refractivity contribution is 5.92. The van der Waals surface area contributed by atoms with Gasteiger partial charge >= 0.3 is 0 Å². The van der Waals surface area contributed by atoms with Crippen LogP contribution in [-0.4, -0.2) is 42.2 Å². The number of aryl methyl sites for hydroxylation is 1. The van der Waals surface area contributed by atoms with Gasteiger partial charge in [0.15, 0.2) is 0 Å². The zero-order valence-electron chi connectivity index (χ0n) is 15.1. The number of rotatable bonds is 6. The summed E-state index contributed by atoms with van der Waals surface area (Å²) in [5.41, 5.74) is 1.90. The van der Waals surface area contributed by atoms with Crippen LogP contribution in [0.25, 0.3) is 0 Å². The van der Waals surface area contributed by atoms with Crippen LogP contribution in [0.2, 0.25) is 0 Å². The maximum Gasteiger partial charge on any atom is 0.238 e. The van der Waals surface area contributed by atoms with Crippen molar-refractivity contribution in [2.24, 2.45) is 5.92 Å². The van der Waals surface area contributed by atoms with Gasteiger partial charge in [0.25, 0.3) is 0 Å². The van der Waals surface area contributed by atoms with E-state index in [0.717, 1.165) is 48.7 Å². The molecule has 0 radical (unpaired) electrons. The molecule has 0 saturated carbocycles. The Morgan fingerprint density at radius 3 is 2.77 bits per heavy atom. The topological polar surface area (TPSA) is 61.8 Å². The molecule has 1 atom stereocenters. The summed E-state index contributed by atoms with van der Waals surface area (Å²) in [5.74, 6) is 1.78. The Kier molecular flexibility index (Phi) is 6.26. The Morgan fingerprint density at radius 2 is 2.04 bits per heavy atom. The van der Waals surface area contributed by atoms with Crippen LogP contribution in [0.5, 0.6) is 11.5 Å². The number of likely N-dealkylation sites (tertiary alicyclic amines) is 1. The number of carbonyl (C=O) groups is 1. The lowest BCUT2D eigenvalue weighted by atomic mass is 9.99. The molecule has 0 spiro atoms. The first-order chi connectivity index (χ1) is 12.6. The summed E-state index contributed by atoms with van der Waals surface area (Å²) in [5, 5.41) is 12.2. The maximum absolute atomic E-state index is 12.2. The maximum atomic E-state index is 12.2. The minimum atomic E-state index is -0.0315. The van der Waals surface area contributed by atoms with Crippen molar-refractivity contribution >= 4 is 11.6 Å². The lowest BCUT2D eigenvalue weighted by Gasteiger charge is -2.31. The van der Waals surface area contributed by atoms with E-state index in [4.69, 9.17) is 4.74 Å². The van der Waals surface area contributed by atoms with E-state index in [0.29, 0.717) is 6.54 Å². The highest BCUT2D eigenvalue weighted by atomic mass is 16.5. The van der Waals surface area contributed by atoms with E-state index in [1.54, 1.807) is 0 Å². The molecule has 3 rings (SSSR count). The van der Waals surface area contributed by atoms with Gasteiger partial charge in [-0.3, -0.25) is 9.69 Å². The summed E-state index contributed by atoms with van der Waals surface area (Å²) < 4.78 is 5.82. The van der Waals surface area contributed by atoms with Crippen molar-refractivity contribution in [1.29, 1.82) is 0 Å². The van der Waals surface area contributed by atoms with Gasteiger partial charge in [0, 0.05) is 18.8 Å². The van der Waals surface area contributed by atoms with E-state index >= 15 is 0 Å². The van der Waals surface area contributed by atoms with E-state index < -0.39 is 0 Å². The molecule has 2 aromatic carbocycles. The molecule has 5 heteroatoms. The summed E-state index contributed by atoms with van der Waals surface area (Å²) >= 11 is 0. The van der Waals surface area contributed by atoms with Crippen molar-refractivity contribution in [1.82, 2.24) is 4.90 Å². The van der Waals surface area contributed by atoms with Gasteiger partial charge in [-0.25, -0.2) is 0 Å². The summed E-state index contributed by atoms with van der Waals surface area (Å²) in [6, 6.07) is 15.3. The summed E-state index contributed by atoms with van der Waals surface area (Å²) in [7, 11) is 0. The molecule has 1 aliphatic rings. The average molecular weight is 354 g/mol. The number of ether oxygens (including phenoxy) is 1. The second kappa shape index (κ2) is 8.83. The van der Waals surface area contributed by atoms with Crippen LogP contribution in [0.1, 0.15) is 18.4 Å². The van der Waals surface area contributed by atoms with Crippen LogP contribution in [0.15, 0.2) is 48.5 Å². The molecule has 5 nitrogen and oxygen atoms in total. The Balaban J connectivity index is 1.51. The van der Waals surface area contributed by atoms with E-state index in [2.05, 4.69) is 10.2 Å². The van der Waals surface area contributed by atoms with Gasteiger partial charge in [-0.05, 0) is 74.2 Å². The molecule has 1 aliphatic heterocycles. The van der Waals surface area contributed by atoms with Crippen molar-refractivity contribution in [2.45, 2.75) is 19.8 Å². The van der Waals surface area contributed by atoms with Crippen molar-refractivity contribution < 1.29 is 14.6 Å². The minimum Gasteiger partial charge on any atom is -0.457 e. The third kappa shape index (κ3) is 5.31. The second-order valence-electron chi connectivity index (χ2n) is 6.92. The van der Waals surface area contributed by atoms with Gasteiger partial charge in [-0.1, -0.05) is 12.1 Å². The van der Waals surface area contributed by atoms with Gasteiger partial charge in [-0.2, -0.15) is 0 Å². The van der Waals surface area contributed by atoms with Crippen LogP contribution in [0, 0.1) is 12.8 Å². The molecule has 2 aromatic rings. The molecule has 138 valence electrons. The van der Waals surface area contributed by atoms with Crippen molar-refractivity contribution in [3.8, 4) is 11.5 Å². The summed E-state index contributed by atoms with van der Waals surface area (Å²) in [6.45, 7) is 4.27. The first-order valence-electron chi connectivity index (χ1n) is 9.10. The normalized spacial score (nSPS) is 17.7. The van der Waals surface area contributed by atoms with Crippen molar-refractivity contribution in [3.63, 3.8) is 0 Å². The van der Waals surface area contributed by atoms with Gasteiger partial charge < -0.3 is 15.2 Å². The van der Waals surface area contributed by atoms with E-state index in [1.807, 2.05) is 55.5 Å². The van der Waals surface area contributed by atoms with Crippen LogP contribution in [0.3, 0.4) is 0 Å². The first kappa shape index (κ1) is 18.4. The lowest BCUT2D eigenvalue weighted by molar-refractivity contribution is -0.117. The third-order valence-corrected chi connectivity index (χ3v) is 4.59. The highest BCUT2D eigenvalue weighted by Crippen LogP contribution is 2.23. The predicted octanol–water partition coefficient (Wildman–Crippen LogP) is 3.43. The zero-order chi connectivity index (χ0) is 18.4. The minimum absolute atomic E-state index is 0.0315. The Morgan fingerprint density at radius 1 is 1.23 bits per heavy atom. The largest absolute Gasteiger partial charge is 0.457 e. The van der Waals surface area contributed by atoms with Gasteiger partial charge in [0.1, 0.15) is 11.5 Å². The molecule has 0 aliphatic carbocycles. The fourth-order valence-electron chi connectivity index (χ4n) is 3.27. The van der Waals surface area contributed by atoms with E-state index in [-0.39, 0.29) is 18.4 Å². The number of aliphatic hydroxyl groups is 1. The molecule has 1 heterocycles. The molecule has 0 aromatic heterocycles. The molecular formula is C21H26N2O3.